The average molecular weight is 119 g/mol. The number of hydrogen-bond donors (Lipinski definition) is 3. The van der Waals surface area contributed by atoms with E-state index in [1.165, 1.54) is 0 Å². The molecule has 0 saturated carbocycles. The van der Waals surface area contributed by atoms with Crippen LogP contribution in [0.2, 0.25) is 0 Å². The molecule has 0 bridgehead atoms. The molecule has 1 radical (unpaired) electrons. The molecule has 33 valence electrons. The first-order valence-electron chi connectivity index (χ1n) is 0.866. The first-order chi connectivity index (χ1) is 1.73. The summed E-state index contributed by atoms with van der Waals surface area (Å²) in [6.45, 7) is 0. The molecule has 0 fully saturated rings. The summed E-state index contributed by atoms with van der Waals surface area (Å²) in [5.74, 6) is -0.0833. The van der Waals surface area contributed by atoms with Crippen LogP contribution in [0.1, 0.15) is 0 Å². The maximum atomic E-state index is 4.58. The van der Waals surface area contributed by atoms with Crippen LogP contribution in [0, 0.1) is 0 Å². The molecule has 0 atom stereocenters. The summed E-state index contributed by atoms with van der Waals surface area (Å²) >= 11 is 0. The van der Waals surface area contributed by atoms with Crippen molar-refractivity contribution in [2.75, 3.05) is 0 Å². The average Bonchev–Trinajstić information content (AvgIpc) is 0.811. The maximum Gasteiger partial charge on any atom is 0.336 e. The molecule has 0 amide bonds. The van der Waals surface area contributed by atoms with Gasteiger partial charge in [0, 0.05) is 29.6 Å². The molecule has 0 aromatic rings. The number of rotatable bonds is 0. The predicted molar refractivity (Wildman–Crippen MR) is 21.1 cm³/mol. The number of guanidine groups is 1. The molecule has 5 heteroatoms. The van der Waals surface area contributed by atoms with Gasteiger partial charge in [-0.3, -0.25) is 16.9 Å². The second-order valence-corrected chi connectivity index (χ2v) is 0.500. The van der Waals surface area contributed by atoms with E-state index in [-0.39, 0.29) is 47.9 Å². The van der Waals surface area contributed by atoms with Crippen molar-refractivity contribution in [1.82, 2.24) is 0 Å². The van der Waals surface area contributed by atoms with Crippen molar-refractivity contribution in [2.24, 2.45) is 11.5 Å². The molecule has 0 aromatic heterocycles. The third-order valence-electron chi connectivity index (χ3n) is 0. The second kappa shape index (κ2) is 9.12. The first kappa shape index (κ1) is 16.0. The van der Waals surface area contributed by atoms with E-state index in [0.29, 0.717) is 0 Å². The van der Waals surface area contributed by atoms with Crippen LogP contribution >= 0.6 is 0 Å². The molecule has 0 heterocycles. The Labute approximate surface area is 64.7 Å². The minimum atomic E-state index is -0.0833. The number of nitrogens with two attached hydrogens (primary N) is 3. The third kappa shape index (κ3) is 184. The van der Waals surface area contributed by atoms with Gasteiger partial charge >= 0.3 is 5.96 Å². The van der Waals surface area contributed by atoms with E-state index in [1.54, 1.807) is 0 Å². The number of halogens is 1. The van der Waals surface area contributed by atoms with E-state index < -0.39 is 0 Å². The van der Waals surface area contributed by atoms with Crippen molar-refractivity contribution in [3.8, 4) is 0 Å². The maximum absolute atomic E-state index is 4.58. The summed E-state index contributed by atoms with van der Waals surface area (Å²) in [4.78, 5) is 0. The van der Waals surface area contributed by atoms with Crippen molar-refractivity contribution in [3.05, 3.63) is 0 Å². The fourth-order valence-corrected chi connectivity index (χ4v) is 0. The molecule has 0 aliphatic carbocycles. The molecule has 6 heavy (non-hydrogen) atoms. The molecule has 6 N–H and O–H groups in total. The van der Waals surface area contributed by atoms with Gasteiger partial charge in [0.1, 0.15) is 0 Å². The normalized spacial score (nSPS) is 4.00. The SMILES string of the molecule is NC(N)=[NH2+].[Cl-].[Na]. The van der Waals surface area contributed by atoms with E-state index in [0.717, 1.165) is 0 Å². The van der Waals surface area contributed by atoms with Crippen LogP contribution in [0.15, 0.2) is 0 Å². The summed E-state index contributed by atoms with van der Waals surface area (Å²) in [7, 11) is 0. The van der Waals surface area contributed by atoms with E-state index in [1.807, 2.05) is 0 Å². The molecule has 0 aliphatic rings. The first-order valence-corrected chi connectivity index (χ1v) is 0.866. The Balaban J connectivity index is -0.0000000450. The van der Waals surface area contributed by atoms with Gasteiger partial charge in [0.25, 0.3) is 0 Å². The molecule has 0 aliphatic heterocycles. The van der Waals surface area contributed by atoms with Gasteiger partial charge in [-0.1, -0.05) is 0 Å². The Hall–Kier alpha value is 0.560. The fraction of sp³-hybridized carbons (Fsp3) is 0. The van der Waals surface area contributed by atoms with Crippen LogP contribution in [-0.2, 0) is 0 Å². The summed E-state index contributed by atoms with van der Waals surface area (Å²) in [6.07, 6.45) is 0. The zero-order chi connectivity index (χ0) is 3.58. The Morgan fingerprint density at radius 3 is 1.33 bits per heavy atom. The van der Waals surface area contributed by atoms with Crippen LogP contribution in [0.25, 0.3) is 0 Å². The third-order valence-corrected chi connectivity index (χ3v) is 0. The van der Waals surface area contributed by atoms with Crippen LogP contribution in [-0.4, -0.2) is 35.5 Å². The van der Waals surface area contributed by atoms with E-state index in [2.05, 4.69) is 16.9 Å². The van der Waals surface area contributed by atoms with E-state index in [9.17, 15) is 0 Å². The van der Waals surface area contributed by atoms with Crippen LogP contribution in [0.3, 0.4) is 0 Å². The fourth-order valence-electron chi connectivity index (χ4n) is 0. The van der Waals surface area contributed by atoms with Crippen LogP contribution < -0.4 is 29.3 Å². The van der Waals surface area contributed by atoms with Gasteiger partial charge in [0.05, 0.1) is 0 Å². The van der Waals surface area contributed by atoms with Crippen molar-refractivity contribution in [1.29, 1.82) is 0 Å². The van der Waals surface area contributed by atoms with Gasteiger partial charge in [-0.05, 0) is 0 Å². The monoisotopic (exact) mass is 118 g/mol. The van der Waals surface area contributed by atoms with Gasteiger partial charge < -0.3 is 12.4 Å². The molecule has 0 unspecified atom stereocenters. The van der Waals surface area contributed by atoms with Gasteiger partial charge in [0.15, 0.2) is 0 Å². The predicted octanol–water partition coefficient (Wildman–Crippen LogP) is -6.36. The Bertz CT molecular complexity index is 33.8. The quantitative estimate of drug-likeness (QED) is 0.168. The molecule has 0 rings (SSSR count). The van der Waals surface area contributed by atoms with E-state index in [4.69, 9.17) is 0 Å². The molecule has 0 saturated heterocycles. The summed E-state index contributed by atoms with van der Waals surface area (Å²) in [5, 5.41) is 4.58. The van der Waals surface area contributed by atoms with Crippen molar-refractivity contribution >= 4 is 35.5 Å². The summed E-state index contributed by atoms with van der Waals surface area (Å²) in [5.41, 5.74) is 9.17. The zero-order valence-corrected chi connectivity index (χ0v) is 6.37. The zero-order valence-electron chi connectivity index (χ0n) is 3.61. The smallest absolute Gasteiger partial charge is 0.336 e. The minimum Gasteiger partial charge on any atom is -1.00 e. The summed E-state index contributed by atoms with van der Waals surface area (Å²) in [6, 6.07) is 0. The van der Waals surface area contributed by atoms with Gasteiger partial charge in [-0.25, -0.2) is 0 Å². The molecular formula is CH6ClN3Na. The van der Waals surface area contributed by atoms with Crippen LogP contribution in [0.4, 0.5) is 0 Å². The molecule has 0 spiro atoms. The largest absolute Gasteiger partial charge is 1.00 e. The topological polar surface area (TPSA) is 77.6 Å². The molecular weight excluding hydrogens is 112 g/mol. The molecule has 0 aromatic carbocycles. The van der Waals surface area contributed by atoms with Crippen molar-refractivity contribution in [2.45, 2.75) is 0 Å². The minimum absolute atomic E-state index is 0. The van der Waals surface area contributed by atoms with Gasteiger partial charge in [-0.2, -0.15) is 0 Å². The second-order valence-electron chi connectivity index (χ2n) is 0.500. The van der Waals surface area contributed by atoms with Gasteiger partial charge in [0.2, 0.25) is 0 Å². The Kier molecular flexibility index (Phi) is 24.3. The Morgan fingerprint density at radius 2 is 1.33 bits per heavy atom. The van der Waals surface area contributed by atoms with Crippen molar-refractivity contribution < 1.29 is 17.8 Å². The van der Waals surface area contributed by atoms with E-state index >= 15 is 0 Å². The van der Waals surface area contributed by atoms with Crippen LogP contribution in [0.5, 0.6) is 0 Å². The van der Waals surface area contributed by atoms with Crippen molar-refractivity contribution in [3.63, 3.8) is 0 Å². The number of hydrogen-bond acceptors (Lipinski definition) is 0. The Morgan fingerprint density at radius 1 is 1.33 bits per heavy atom. The van der Waals surface area contributed by atoms with Gasteiger partial charge in [-0.15, -0.1) is 0 Å². The standard InChI is InChI=1S/CH5N3.ClH.Na/c2-1(3)4;;/h(H5,2,3,4);1H;. The summed E-state index contributed by atoms with van der Waals surface area (Å²) < 4.78 is 0. The molecule has 3 nitrogen and oxygen atoms in total.